The second-order valence-electron chi connectivity index (χ2n) is 4.88. The van der Waals surface area contributed by atoms with Crippen molar-refractivity contribution in [2.24, 2.45) is 0 Å². The third-order valence-corrected chi connectivity index (χ3v) is 4.18. The van der Waals surface area contributed by atoms with Crippen LogP contribution in [0.25, 0.3) is 11.3 Å². The smallest absolute Gasteiger partial charge is 0.262 e. The number of amides is 1. The van der Waals surface area contributed by atoms with Crippen molar-refractivity contribution in [2.45, 2.75) is 0 Å². The van der Waals surface area contributed by atoms with Gasteiger partial charge < -0.3 is 15.8 Å². The molecule has 122 valence electrons. The minimum atomic E-state index is -0.287. The molecule has 0 spiro atoms. The van der Waals surface area contributed by atoms with E-state index in [2.05, 4.69) is 10.3 Å². The highest BCUT2D eigenvalue weighted by atomic mass is 35.5. The average molecular weight is 360 g/mol. The van der Waals surface area contributed by atoms with Gasteiger partial charge in [0, 0.05) is 10.9 Å². The van der Waals surface area contributed by atoms with Gasteiger partial charge in [0.1, 0.15) is 5.75 Å². The molecule has 0 unspecified atom stereocenters. The lowest BCUT2D eigenvalue weighted by Gasteiger charge is -2.11. The lowest BCUT2D eigenvalue weighted by atomic mass is 10.1. The maximum Gasteiger partial charge on any atom is 0.262 e. The highest BCUT2D eigenvalue weighted by molar-refractivity contribution is 7.13. The molecular formula is C17H14ClN3O2S. The van der Waals surface area contributed by atoms with Crippen molar-refractivity contribution in [3.63, 3.8) is 0 Å². The highest BCUT2D eigenvalue weighted by Gasteiger charge is 2.11. The van der Waals surface area contributed by atoms with Gasteiger partial charge in [0.15, 0.2) is 11.7 Å². The maximum absolute atomic E-state index is 12.2. The Hall–Kier alpha value is -2.57. The van der Waals surface area contributed by atoms with Crippen LogP contribution in [0.1, 0.15) is 0 Å². The van der Waals surface area contributed by atoms with E-state index in [4.69, 9.17) is 22.1 Å². The predicted octanol–water partition coefficient (Wildman–Crippen LogP) is 4.06. The van der Waals surface area contributed by atoms with Crippen molar-refractivity contribution >= 4 is 39.7 Å². The number of nitrogens with two attached hydrogens (primary N) is 1. The zero-order valence-electron chi connectivity index (χ0n) is 12.5. The summed E-state index contributed by atoms with van der Waals surface area (Å²) in [5, 5.41) is 5.61. The summed E-state index contributed by atoms with van der Waals surface area (Å²) in [6, 6.07) is 14.4. The molecule has 3 rings (SSSR count). The monoisotopic (exact) mass is 359 g/mol. The first-order valence-corrected chi connectivity index (χ1v) is 8.37. The topological polar surface area (TPSA) is 77.2 Å². The van der Waals surface area contributed by atoms with Crippen LogP contribution >= 0.6 is 22.9 Å². The summed E-state index contributed by atoms with van der Waals surface area (Å²) in [6.45, 7) is -0.142. The van der Waals surface area contributed by atoms with Crippen LogP contribution < -0.4 is 15.8 Å². The molecule has 24 heavy (non-hydrogen) atoms. The number of hydrogen-bond acceptors (Lipinski definition) is 5. The first-order valence-electron chi connectivity index (χ1n) is 7.11. The standard InChI is InChI=1S/C17H14ClN3O2S/c18-12-6-2-4-8-15(12)23-9-16(22)20-13-7-3-1-5-11(13)14-10-24-17(19)21-14/h1-8,10H,9H2,(H2,19,21)(H,20,22). The third kappa shape index (κ3) is 3.84. The summed E-state index contributed by atoms with van der Waals surface area (Å²) >= 11 is 7.35. The van der Waals surface area contributed by atoms with Crippen LogP contribution in [0.3, 0.4) is 0 Å². The molecule has 1 amide bonds. The predicted molar refractivity (Wildman–Crippen MR) is 97.5 cm³/mol. The van der Waals surface area contributed by atoms with Gasteiger partial charge in [-0.1, -0.05) is 41.9 Å². The van der Waals surface area contributed by atoms with Gasteiger partial charge in [0.2, 0.25) is 0 Å². The fraction of sp³-hybridized carbons (Fsp3) is 0.0588. The summed E-state index contributed by atoms with van der Waals surface area (Å²) < 4.78 is 5.44. The van der Waals surface area contributed by atoms with Crippen molar-refractivity contribution in [3.05, 3.63) is 58.9 Å². The Bertz CT molecular complexity index is 866. The van der Waals surface area contributed by atoms with E-state index in [1.807, 2.05) is 23.6 Å². The van der Waals surface area contributed by atoms with Gasteiger partial charge in [-0.25, -0.2) is 4.98 Å². The molecule has 0 saturated heterocycles. The Balaban J connectivity index is 1.70. The van der Waals surface area contributed by atoms with Crippen molar-refractivity contribution in [1.82, 2.24) is 4.98 Å². The van der Waals surface area contributed by atoms with E-state index < -0.39 is 0 Å². The largest absolute Gasteiger partial charge is 0.482 e. The molecule has 7 heteroatoms. The van der Waals surface area contributed by atoms with Gasteiger partial charge >= 0.3 is 0 Å². The van der Waals surface area contributed by atoms with Gasteiger partial charge in [-0.05, 0) is 18.2 Å². The fourth-order valence-electron chi connectivity index (χ4n) is 2.12. The van der Waals surface area contributed by atoms with E-state index in [1.165, 1.54) is 11.3 Å². The van der Waals surface area contributed by atoms with E-state index in [-0.39, 0.29) is 12.5 Å². The molecule has 2 aromatic carbocycles. The Morgan fingerprint density at radius 1 is 1.21 bits per heavy atom. The Morgan fingerprint density at radius 2 is 1.96 bits per heavy atom. The molecule has 0 aliphatic heterocycles. The number of nitrogen functional groups attached to an aromatic ring is 1. The lowest BCUT2D eigenvalue weighted by Crippen LogP contribution is -2.20. The van der Waals surface area contributed by atoms with E-state index in [0.717, 1.165) is 11.3 Å². The zero-order chi connectivity index (χ0) is 16.9. The molecule has 1 aromatic heterocycles. The van der Waals surface area contributed by atoms with Crippen LogP contribution in [0.4, 0.5) is 10.8 Å². The maximum atomic E-state index is 12.2. The molecule has 5 nitrogen and oxygen atoms in total. The number of thiazole rings is 1. The number of nitrogens with zero attached hydrogens (tertiary/aromatic N) is 1. The van der Waals surface area contributed by atoms with E-state index in [0.29, 0.717) is 21.6 Å². The molecule has 0 atom stereocenters. The van der Waals surface area contributed by atoms with Gasteiger partial charge in [-0.3, -0.25) is 4.79 Å². The fourth-order valence-corrected chi connectivity index (χ4v) is 2.87. The summed E-state index contributed by atoms with van der Waals surface area (Å²) in [4.78, 5) is 16.4. The molecule has 0 radical (unpaired) electrons. The molecule has 3 N–H and O–H groups in total. The van der Waals surface area contributed by atoms with Gasteiger partial charge in [0.25, 0.3) is 5.91 Å². The number of hydrogen-bond donors (Lipinski definition) is 2. The minimum absolute atomic E-state index is 0.142. The number of ether oxygens (including phenoxy) is 1. The van der Waals surface area contributed by atoms with Crippen LogP contribution in [-0.2, 0) is 4.79 Å². The van der Waals surface area contributed by atoms with Crippen molar-refractivity contribution in [2.75, 3.05) is 17.7 Å². The molecule has 0 bridgehead atoms. The van der Waals surface area contributed by atoms with Crippen LogP contribution in [-0.4, -0.2) is 17.5 Å². The molecule has 3 aromatic rings. The molecule has 0 aliphatic carbocycles. The van der Waals surface area contributed by atoms with E-state index in [9.17, 15) is 4.79 Å². The number of anilines is 2. The SMILES string of the molecule is Nc1nc(-c2ccccc2NC(=O)COc2ccccc2Cl)cs1. The molecule has 1 heterocycles. The lowest BCUT2D eigenvalue weighted by molar-refractivity contribution is -0.118. The summed E-state index contributed by atoms with van der Waals surface area (Å²) in [6.07, 6.45) is 0. The van der Waals surface area contributed by atoms with Crippen molar-refractivity contribution in [3.8, 4) is 17.0 Å². The first kappa shape index (κ1) is 16.3. The quantitative estimate of drug-likeness (QED) is 0.720. The number of benzene rings is 2. The number of aromatic nitrogens is 1. The number of nitrogens with one attached hydrogen (secondary N) is 1. The van der Waals surface area contributed by atoms with Crippen LogP contribution in [0.15, 0.2) is 53.9 Å². The number of halogens is 1. The van der Waals surface area contributed by atoms with Crippen LogP contribution in [0.2, 0.25) is 5.02 Å². The Labute approximate surface area is 148 Å². The van der Waals surface area contributed by atoms with Crippen molar-refractivity contribution in [1.29, 1.82) is 0 Å². The number of carbonyl (C=O) groups excluding carboxylic acids is 1. The molecule has 0 fully saturated rings. The Morgan fingerprint density at radius 3 is 2.71 bits per heavy atom. The summed E-state index contributed by atoms with van der Waals surface area (Å²) in [7, 11) is 0. The van der Waals surface area contributed by atoms with Gasteiger partial charge in [-0.2, -0.15) is 0 Å². The second kappa shape index (κ2) is 7.33. The Kier molecular flexibility index (Phi) is 4.98. The van der Waals surface area contributed by atoms with Gasteiger partial charge in [0.05, 0.1) is 16.4 Å². The molecule has 0 saturated carbocycles. The number of carbonyl (C=O) groups is 1. The van der Waals surface area contributed by atoms with E-state index in [1.54, 1.807) is 30.3 Å². The number of para-hydroxylation sites is 2. The zero-order valence-corrected chi connectivity index (χ0v) is 14.1. The third-order valence-electron chi connectivity index (χ3n) is 3.19. The summed E-state index contributed by atoms with van der Waals surface area (Å²) in [5.74, 6) is 0.181. The highest BCUT2D eigenvalue weighted by Crippen LogP contribution is 2.29. The first-order chi connectivity index (χ1) is 11.6. The summed E-state index contributed by atoms with van der Waals surface area (Å²) in [5.41, 5.74) is 7.85. The average Bonchev–Trinajstić information content (AvgIpc) is 3.01. The molecular weight excluding hydrogens is 346 g/mol. The van der Waals surface area contributed by atoms with Crippen molar-refractivity contribution < 1.29 is 9.53 Å². The van der Waals surface area contributed by atoms with Crippen LogP contribution in [0, 0.1) is 0 Å². The molecule has 0 aliphatic rings. The number of rotatable bonds is 5. The minimum Gasteiger partial charge on any atom is -0.482 e. The van der Waals surface area contributed by atoms with E-state index >= 15 is 0 Å². The normalized spacial score (nSPS) is 10.4. The van der Waals surface area contributed by atoms with Crippen LogP contribution in [0.5, 0.6) is 5.75 Å². The second-order valence-corrected chi connectivity index (χ2v) is 6.18. The van der Waals surface area contributed by atoms with Gasteiger partial charge in [-0.15, -0.1) is 11.3 Å².